The van der Waals surface area contributed by atoms with Crippen molar-refractivity contribution in [3.63, 3.8) is 0 Å². The minimum absolute atomic E-state index is 0.518. The Labute approximate surface area is 149 Å². The first kappa shape index (κ1) is 17.5. The number of benzene rings is 2. The molecule has 0 aliphatic rings. The molecule has 0 fully saturated rings. The molecule has 0 amide bonds. The molecule has 132 valence electrons. The van der Waals surface area contributed by atoms with Gasteiger partial charge in [-0.2, -0.15) is 0 Å². The zero-order valence-corrected chi connectivity index (χ0v) is 15.0. The minimum atomic E-state index is -0.518. The van der Waals surface area contributed by atoms with E-state index in [-0.39, 0.29) is 0 Å². The zero-order chi connectivity index (χ0) is 17.6. The van der Waals surface area contributed by atoms with Crippen LogP contribution >= 0.6 is 0 Å². The van der Waals surface area contributed by atoms with E-state index >= 15 is 0 Å². The number of aliphatic hydroxyl groups is 1. The molecule has 4 nitrogen and oxygen atoms in total. The van der Waals surface area contributed by atoms with Gasteiger partial charge in [0.1, 0.15) is 17.7 Å². The van der Waals surface area contributed by atoms with Gasteiger partial charge in [-0.3, -0.25) is 0 Å². The van der Waals surface area contributed by atoms with Crippen molar-refractivity contribution in [1.29, 1.82) is 0 Å². The SMILES string of the molecule is CCCC(O)c1nc2ccccc2n1CCCOc1ccc(C)cc1. The number of nitrogens with zero attached hydrogens (tertiary/aromatic N) is 2. The molecule has 0 bridgehead atoms. The fraction of sp³-hybridized carbons (Fsp3) is 0.381. The van der Waals surface area contributed by atoms with Gasteiger partial charge in [0.05, 0.1) is 17.6 Å². The molecule has 0 aliphatic heterocycles. The number of hydrogen-bond acceptors (Lipinski definition) is 3. The van der Waals surface area contributed by atoms with Crippen molar-refractivity contribution in [2.45, 2.75) is 45.8 Å². The van der Waals surface area contributed by atoms with E-state index in [1.807, 2.05) is 30.3 Å². The van der Waals surface area contributed by atoms with Crippen molar-refractivity contribution >= 4 is 11.0 Å². The maximum absolute atomic E-state index is 10.4. The highest BCUT2D eigenvalue weighted by Crippen LogP contribution is 2.24. The number of fused-ring (bicyclic) bond motifs is 1. The van der Waals surface area contributed by atoms with E-state index in [4.69, 9.17) is 4.74 Å². The fourth-order valence-electron chi connectivity index (χ4n) is 3.03. The third kappa shape index (κ3) is 4.20. The van der Waals surface area contributed by atoms with Gasteiger partial charge in [0.25, 0.3) is 0 Å². The van der Waals surface area contributed by atoms with Crippen molar-refractivity contribution in [2.24, 2.45) is 0 Å². The Morgan fingerprint density at radius 2 is 1.88 bits per heavy atom. The molecule has 0 saturated carbocycles. The Balaban J connectivity index is 1.69. The first-order chi connectivity index (χ1) is 12.2. The Kier molecular flexibility index (Phi) is 5.71. The van der Waals surface area contributed by atoms with Crippen LogP contribution in [0.2, 0.25) is 0 Å². The monoisotopic (exact) mass is 338 g/mol. The normalized spacial score (nSPS) is 12.4. The second kappa shape index (κ2) is 8.17. The molecule has 1 unspecified atom stereocenters. The quantitative estimate of drug-likeness (QED) is 0.608. The number of rotatable bonds is 8. The number of ether oxygens (including phenoxy) is 1. The topological polar surface area (TPSA) is 47.3 Å². The summed E-state index contributed by atoms with van der Waals surface area (Å²) in [7, 11) is 0. The van der Waals surface area contributed by atoms with Gasteiger partial charge >= 0.3 is 0 Å². The van der Waals surface area contributed by atoms with Crippen LogP contribution in [0.1, 0.15) is 43.7 Å². The van der Waals surface area contributed by atoms with Gasteiger partial charge in [0, 0.05) is 6.54 Å². The molecule has 25 heavy (non-hydrogen) atoms. The average Bonchev–Trinajstić information content (AvgIpc) is 2.99. The summed E-state index contributed by atoms with van der Waals surface area (Å²) >= 11 is 0. The lowest BCUT2D eigenvalue weighted by Gasteiger charge is -2.14. The number of aryl methyl sites for hydroxylation is 2. The molecule has 2 aromatic carbocycles. The summed E-state index contributed by atoms with van der Waals surface area (Å²) < 4.78 is 7.96. The number of hydrogen-bond donors (Lipinski definition) is 1. The Hall–Kier alpha value is -2.33. The third-order valence-corrected chi connectivity index (χ3v) is 4.36. The predicted molar refractivity (Wildman–Crippen MR) is 101 cm³/mol. The number of aliphatic hydroxyl groups excluding tert-OH is 1. The van der Waals surface area contributed by atoms with Crippen LogP contribution in [0.25, 0.3) is 11.0 Å². The van der Waals surface area contributed by atoms with Gasteiger partial charge in [-0.25, -0.2) is 4.98 Å². The first-order valence-corrected chi connectivity index (χ1v) is 9.01. The Bertz CT molecular complexity index is 808. The Morgan fingerprint density at radius 3 is 2.64 bits per heavy atom. The molecule has 1 aromatic heterocycles. The Morgan fingerprint density at radius 1 is 1.12 bits per heavy atom. The van der Waals surface area contributed by atoms with E-state index in [0.29, 0.717) is 6.61 Å². The van der Waals surface area contributed by atoms with Crippen molar-refractivity contribution in [1.82, 2.24) is 9.55 Å². The summed E-state index contributed by atoms with van der Waals surface area (Å²) in [4.78, 5) is 4.65. The molecular formula is C21H26N2O2. The predicted octanol–water partition coefficient (Wildman–Crippen LogP) is 4.65. The molecular weight excluding hydrogens is 312 g/mol. The average molecular weight is 338 g/mol. The van der Waals surface area contributed by atoms with Gasteiger partial charge in [0.15, 0.2) is 0 Å². The molecule has 0 radical (unpaired) electrons. The van der Waals surface area contributed by atoms with Crippen LogP contribution in [0, 0.1) is 6.92 Å². The molecule has 4 heteroatoms. The summed E-state index contributed by atoms with van der Waals surface area (Å²) in [6.07, 6.45) is 2.00. The van der Waals surface area contributed by atoms with E-state index < -0.39 is 6.10 Å². The van der Waals surface area contributed by atoms with Crippen LogP contribution < -0.4 is 4.74 Å². The maximum Gasteiger partial charge on any atom is 0.138 e. The van der Waals surface area contributed by atoms with Gasteiger partial charge in [-0.15, -0.1) is 0 Å². The maximum atomic E-state index is 10.4. The molecule has 1 atom stereocenters. The lowest BCUT2D eigenvalue weighted by atomic mass is 10.2. The van der Waals surface area contributed by atoms with Crippen LogP contribution in [0.4, 0.5) is 0 Å². The fourth-order valence-corrected chi connectivity index (χ4v) is 3.03. The van der Waals surface area contributed by atoms with Gasteiger partial charge < -0.3 is 14.4 Å². The largest absolute Gasteiger partial charge is 0.494 e. The van der Waals surface area contributed by atoms with Crippen molar-refractivity contribution in [3.8, 4) is 5.75 Å². The van der Waals surface area contributed by atoms with Crippen LogP contribution in [0.5, 0.6) is 5.75 Å². The van der Waals surface area contributed by atoms with Crippen LogP contribution in [0.3, 0.4) is 0 Å². The summed E-state index contributed by atoms with van der Waals surface area (Å²) in [5.74, 6) is 1.66. The van der Waals surface area contributed by atoms with E-state index in [1.165, 1.54) is 5.56 Å². The number of para-hydroxylation sites is 2. The lowest BCUT2D eigenvalue weighted by Crippen LogP contribution is -2.11. The second-order valence-electron chi connectivity index (χ2n) is 6.43. The lowest BCUT2D eigenvalue weighted by molar-refractivity contribution is 0.152. The summed E-state index contributed by atoms with van der Waals surface area (Å²) in [5.41, 5.74) is 3.24. The van der Waals surface area contributed by atoms with Crippen molar-refractivity contribution < 1.29 is 9.84 Å². The highest BCUT2D eigenvalue weighted by Gasteiger charge is 2.17. The molecule has 3 aromatic rings. The van der Waals surface area contributed by atoms with Crippen LogP contribution in [-0.2, 0) is 6.54 Å². The highest BCUT2D eigenvalue weighted by atomic mass is 16.5. The number of aromatic nitrogens is 2. The van der Waals surface area contributed by atoms with E-state index in [9.17, 15) is 5.11 Å². The number of imidazole rings is 1. The second-order valence-corrected chi connectivity index (χ2v) is 6.43. The van der Waals surface area contributed by atoms with E-state index in [2.05, 4.69) is 41.6 Å². The summed E-state index contributed by atoms with van der Waals surface area (Å²) in [6, 6.07) is 16.2. The van der Waals surface area contributed by atoms with Crippen LogP contribution in [0.15, 0.2) is 48.5 Å². The highest BCUT2D eigenvalue weighted by molar-refractivity contribution is 5.76. The zero-order valence-electron chi connectivity index (χ0n) is 15.0. The molecule has 0 saturated heterocycles. The molecule has 1 heterocycles. The third-order valence-electron chi connectivity index (χ3n) is 4.36. The molecule has 3 rings (SSSR count). The molecule has 0 aliphatic carbocycles. The summed E-state index contributed by atoms with van der Waals surface area (Å²) in [6.45, 7) is 5.56. The van der Waals surface area contributed by atoms with Crippen molar-refractivity contribution in [3.05, 3.63) is 59.9 Å². The molecule has 0 spiro atoms. The van der Waals surface area contributed by atoms with E-state index in [0.717, 1.165) is 48.4 Å². The summed E-state index contributed by atoms with van der Waals surface area (Å²) in [5, 5.41) is 10.4. The van der Waals surface area contributed by atoms with Gasteiger partial charge in [-0.05, 0) is 44.0 Å². The van der Waals surface area contributed by atoms with E-state index in [1.54, 1.807) is 0 Å². The van der Waals surface area contributed by atoms with Crippen LogP contribution in [-0.4, -0.2) is 21.3 Å². The standard InChI is InChI=1S/C21H26N2O2/c1-3-7-20(24)21-22-18-8-4-5-9-19(18)23(21)14-6-15-25-17-12-10-16(2)11-13-17/h4-5,8-13,20,24H,3,6-7,14-15H2,1-2H3. The van der Waals surface area contributed by atoms with Gasteiger partial charge in [-0.1, -0.05) is 43.2 Å². The molecule has 1 N–H and O–H groups in total. The van der Waals surface area contributed by atoms with Gasteiger partial charge in [0.2, 0.25) is 0 Å². The smallest absolute Gasteiger partial charge is 0.138 e. The van der Waals surface area contributed by atoms with Crippen molar-refractivity contribution in [2.75, 3.05) is 6.61 Å². The minimum Gasteiger partial charge on any atom is -0.494 e. The first-order valence-electron chi connectivity index (χ1n) is 9.01.